The first-order chi connectivity index (χ1) is 13.0. The standard InChI is InChI=1S/C20H19Cl2N3OS/c1-20(12-26)11-18-23-24-19(25(18)7-8-27-20)16-6-5-14(10-17(16)22)13-3-2-4-15(21)9-13/h2-6,9-10,26H,7-8,11-12H2,1H3. The van der Waals surface area contributed by atoms with Crippen LogP contribution in [0.25, 0.3) is 22.5 Å². The summed E-state index contributed by atoms with van der Waals surface area (Å²) in [5.41, 5.74) is 2.88. The van der Waals surface area contributed by atoms with Crippen LogP contribution in [0.15, 0.2) is 42.5 Å². The van der Waals surface area contributed by atoms with Crippen molar-refractivity contribution in [3.8, 4) is 22.5 Å². The summed E-state index contributed by atoms with van der Waals surface area (Å²) < 4.78 is 1.90. The fraction of sp³-hybridized carbons (Fsp3) is 0.300. The molecule has 1 aliphatic heterocycles. The van der Waals surface area contributed by atoms with E-state index in [1.54, 1.807) is 11.8 Å². The third kappa shape index (κ3) is 3.74. The average Bonchev–Trinajstić information content (AvgIpc) is 2.95. The molecule has 1 unspecified atom stereocenters. The average molecular weight is 420 g/mol. The molecule has 0 radical (unpaired) electrons. The predicted octanol–water partition coefficient (Wildman–Crippen LogP) is 4.96. The Hall–Kier alpha value is -1.53. The van der Waals surface area contributed by atoms with E-state index in [4.69, 9.17) is 23.2 Å². The molecule has 2 aromatic carbocycles. The number of aliphatic hydroxyl groups is 1. The van der Waals surface area contributed by atoms with Crippen LogP contribution >= 0.6 is 35.0 Å². The summed E-state index contributed by atoms with van der Waals surface area (Å²) in [6, 6.07) is 13.7. The van der Waals surface area contributed by atoms with Crippen molar-refractivity contribution >= 4 is 35.0 Å². The number of aromatic nitrogens is 3. The van der Waals surface area contributed by atoms with Crippen molar-refractivity contribution in [1.82, 2.24) is 14.8 Å². The van der Waals surface area contributed by atoms with E-state index in [1.807, 2.05) is 42.5 Å². The summed E-state index contributed by atoms with van der Waals surface area (Å²) in [5.74, 6) is 2.56. The van der Waals surface area contributed by atoms with Crippen LogP contribution in [0, 0.1) is 0 Å². The molecular formula is C20H19Cl2N3OS. The fourth-order valence-electron chi connectivity index (χ4n) is 3.31. The lowest BCUT2D eigenvalue weighted by molar-refractivity contribution is 0.254. The molecule has 0 spiro atoms. The van der Waals surface area contributed by atoms with Crippen LogP contribution in [-0.4, -0.2) is 37.0 Å². The van der Waals surface area contributed by atoms with Crippen LogP contribution < -0.4 is 0 Å². The van der Waals surface area contributed by atoms with Crippen molar-refractivity contribution in [1.29, 1.82) is 0 Å². The zero-order valence-corrected chi connectivity index (χ0v) is 17.2. The predicted molar refractivity (Wildman–Crippen MR) is 113 cm³/mol. The molecule has 3 aromatic rings. The van der Waals surface area contributed by atoms with Gasteiger partial charge in [-0.1, -0.05) is 41.4 Å². The summed E-state index contributed by atoms with van der Waals surface area (Å²) in [5, 5.41) is 19.8. The number of hydrogen-bond donors (Lipinski definition) is 1. The summed E-state index contributed by atoms with van der Waals surface area (Å²) in [6.45, 7) is 2.98. The zero-order valence-electron chi connectivity index (χ0n) is 14.8. The number of fused-ring (bicyclic) bond motifs is 1. The molecule has 2 heterocycles. The lowest BCUT2D eigenvalue weighted by atomic mass is 10.0. The van der Waals surface area contributed by atoms with Gasteiger partial charge in [-0.25, -0.2) is 0 Å². The topological polar surface area (TPSA) is 50.9 Å². The van der Waals surface area contributed by atoms with Gasteiger partial charge in [0.1, 0.15) is 5.82 Å². The largest absolute Gasteiger partial charge is 0.395 e. The van der Waals surface area contributed by atoms with E-state index < -0.39 is 0 Å². The minimum Gasteiger partial charge on any atom is -0.395 e. The molecule has 0 amide bonds. The second-order valence-electron chi connectivity index (χ2n) is 6.93. The second-order valence-corrected chi connectivity index (χ2v) is 9.46. The van der Waals surface area contributed by atoms with E-state index in [0.29, 0.717) is 16.5 Å². The van der Waals surface area contributed by atoms with Gasteiger partial charge in [0.25, 0.3) is 0 Å². The molecule has 0 saturated heterocycles. The molecule has 0 bridgehead atoms. The maximum atomic E-state index is 9.72. The third-order valence-corrected chi connectivity index (χ3v) is 6.73. The Labute approximate surface area is 172 Å². The molecule has 1 atom stereocenters. The molecule has 0 fully saturated rings. The molecule has 0 saturated carbocycles. The normalized spacial score (nSPS) is 19.6. The zero-order chi connectivity index (χ0) is 19.0. The second kappa shape index (κ2) is 7.47. The molecule has 4 nitrogen and oxygen atoms in total. The number of rotatable bonds is 3. The highest BCUT2D eigenvalue weighted by atomic mass is 35.5. The summed E-state index contributed by atoms with van der Waals surface area (Å²) in [6.07, 6.45) is 0.680. The van der Waals surface area contributed by atoms with Crippen molar-refractivity contribution in [3.05, 3.63) is 58.3 Å². The molecule has 1 aliphatic rings. The Kier molecular flexibility index (Phi) is 5.21. The molecule has 27 heavy (non-hydrogen) atoms. The lowest BCUT2D eigenvalue weighted by Crippen LogP contribution is -2.28. The van der Waals surface area contributed by atoms with Crippen LogP contribution in [0.1, 0.15) is 12.7 Å². The SMILES string of the molecule is CC1(CO)Cc2nnc(-c3ccc(-c4cccc(Cl)c4)cc3Cl)n2CCS1. The molecule has 4 rings (SSSR count). The summed E-state index contributed by atoms with van der Waals surface area (Å²) in [7, 11) is 0. The number of hydrogen-bond acceptors (Lipinski definition) is 4. The molecule has 1 aromatic heterocycles. The maximum absolute atomic E-state index is 9.72. The Morgan fingerprint density at radius 2 is 1.96 bits per heavy atom. The molecule has 0 aliphatic carbocycles. The van der Waals surface area contributed by atoms with Gasteiger partial charge in [0.15, 0.2) is 5.82 Å². The first kappa shape index (κ1) is 18.8. The van der Waals surface area contributed by atoms with Crippen molar-refractivity contribution in [2.24, 2.45) is 0 Å². The molecule has 1 N–H and O–H groups in total. The van der Waals surface area contributed by atoms with Gasteiger partial charge in [-0.15, -0.1) is 10.2 Å². The third-order valence-electron chi connectivity index (χ3n) is 4.83. The smallest absolute Gasteiger partial charge is 0.165 e. The number of halogens is 2. The van der Waals surface area contributed by atoms with Gasteiger partial charge in [0, 0.05) is 34.1 Å². The van der Waals surface area contributed by atoms with Gasteiger partial charge in [-0.05, 0) is 42.3 Å². The summed E-state index contributed by atoms with van der Waals surface area (Å²) in [4.78, 5) is 0. The van der Waals surface area contributed by atoms with Gasteiger partial charge in [-0.2, -0.15) is 11.8 Å². The molecular weight excluding hydrogens is 401 g/mol. The quantitative estimate of drug-likeness (QED) is 0.651. The van der Waals surface area contributed by atoms with Crippen LogP contribution in [-0.2, 0) is 13.0 Å². The highest BCUT2D eigenvalue weighted by molar-refractivity contribution is 8.00. The maximum Gasteiger partial charge on any atom is 0.165 e. The van der Waals surface area contributed by atoms with E-state index in [1.165, 1.54) is 0 Å². The monoisotopic (exact) mass is 419 g/mol. The number of nitrogens with zero attached hydrogens (tertiary/aromatic N) is 3. The number of thioether (sulfide) groups is 1. The van der Waals surface area contributed by atoms with Gasteiger partial charge >= 0.3 is 0 Å². The van der Waals surface area contributed by atoms with Crippen molar-refractivity contribution in [2.45, 2.75) is 24.6 Å². The van der Waals surface area contributed by atoms with Gasteiger partial charge in [0.2, 0.25) is 0 Å². The highest BCUT2D eigenvalue weighted by Crippen LogP contribution is 2.36. The van der Waals surface area contributed by atoms with Gasteiger partial charge in [-0.3, -0.25) is 0 Å². The van der Waals surface area contributed by atoms with Crippen LogP contribution in [0.3, 0.4) is 0 Å². The van der Waals surface area contributed by atoms with Crippen LogP contribution in [0.4, 0.5) is 0 Å². The Bertz CT molecular complexity index is 991. The minimum atomic E-state index is -0.223. The van der Waals surface area contributed by atoms with E-state index >= 15 is 0 Å². The first-order valence-electron chi connectivity index (χ1n) is 8.72. The van der Waals surface area contributed by atoms with E-state index in [-0.39, 0.29) is 11.4 Å². The van der Waals surface area contributed by atoms with Gasteiger partial charge < -0.3 is 9.67 Å². The Morgan fingerprint density at radius 3 is 2.70 bits per heavy atom. The van der Waals surface area contributed by atoms with Gasteiger partial charge in [0.05, 0.1) is 11.6 Å². The lowest BCUT2D eigenvalue weighted by Gasteiger charge is -2.23. The van der Waals surface area contributed by atoms with Crippen LogP contribution in [0.2, 0.25) is 10.0 Å². The van der Waals surface area contributed by atoms with Crippen molar-refractivity contribution in [3.63, 3.8) is 0 Å². The fourth-order valence-corrected chi connectivity index (χ4v) is 4.86. The van der Waals surface area contributed by atoms with Crippen LogP contribution in [0.5, 0.6) is 0 Å². The highest BCUT2D eigenvalue weighted by Gasteiger charge is 2.31. The number of aliphatic hydroxyl groups excluding tert-OH is 1. The van der Waals surface area contributed by atoms with Crippen molar-refractivity contribution < 1.29 is 5.11 Å². The summed E-state index contributed by atoms with van der Waals surface area (Å²) >= 11 is 14.5. The Balaban J connectivity index is 1.71. The molecule has 7 heteroatoms. The first-order valence-corrected chi connectivity index (χ1v) is 10.5. The van der Waals surface area contributed by atoms with Crippen molar-refractivity contribution in [2.75, 3.05) is 12.4 Å². The minimum absolute atomic E-state index is 0.120. The van der Waals surface area contributed by atoms with E-state index in [2.05, 4.69) is 21.7 Å². The van der Waals surface area contributed by atoms with E-state index in [9.17, 15) is 5.11 Å². The van der Waals surface area contributed by atoms with E-state index in [0.717, 1.165) is 40.6 Å². The number of benzene rings is 2. The molecule has 140 valence electrons. The Morgan fingerprint density at radius 1 is 1.15 bits per heavy atom.